The van der Waals surface area contributed by atoms with Gasteiger partial charge in [-0.3, -0.25) is 0 Å². The van der Waals surface area contributed by atoms with Gasteiger partial charge in [-0.15, -0.1) is 10.2 Å². The third-order valence-electron chi connectivity index (χ3n) is 1.81. The van der Waals surface area contributed by atoms with E-state index in [4.69, 9.17) is 9.52 Å². The van der Waals surface area contributed by atoms with Crippen LogP contribution in [-0.4, -0.2) is 26.3 Å². The molecule has 1 N–H and O–H groups in total. The summed E-state index contributed by atoms with van der Waals surface area (Å²) in [5, 5.41) is 16.0. The molecule has 0 saturated heterocycles. The summed E-state index contributed by atoms with van der Waals surface area (Å²) in [5.74, 6) is -1.82. The highest BCUT2D eigenvalue weighted by molar-refractivity contribution is 5.93. The molecule has 16 heavy (non-hydrogen) atoms. The molecular formula is C9H6FN3O3. The lowest BCUT2D eigenvalue weighted by Crippen LogP contribution is -2.02. The van der Waals surface area contributed by atoms with Gasteiger partial charge in [0.05, 0.1) is 11.8 Å². The predicted octanol–water partition coefficient (Wildman–Crippen LogP) is 1.28. The van der Waals surface area contributed by atoms with E-state index in [9.17, 15) is 9.18 Å². The van der Waals surface area contributed by atoms with Gasteiger partial charge < -0.3 is 9.52 Å². The van der Waals surface area contributed by atoms with Crippen molar-refractivity contribution in [2.75, 3.05) is 0 Å². The maximum Gasteiger partial charge on any atom is 0.338 e. The first-order valence-corrected chi connectivity index (χ1v) is 4.27. The molecule has 0 bridgehead atoms. The molecule has 6 nitrogen and oxygen atoms in total. The molecular weight excluding hydrogens is 217 g/mol. The quantitative estimate of drug-likeness (QED) is 0.824. The normalized spacial score (nSPS) is 10.4. The van der Waals surface area contributed by atoms with E-state index in [1.165, 1.54) is 0 Å². The molecule has 0 aliphatic rings. The molecule has 2 rings (SSSR count). The van der Waals surface area contributed by atoms with Crippen molar-refractivity contribution in [3.63, 3.8) is 0 Å². The number of aromatic carboxylic acids is 1. The highest BCUT2D eigenvalue weighted by Gasteiger charge is 2.18. The molecule has 0 fully saturated rings. The van der Waals surface area contributed by atoms with Crippen LogP contribution in [0.2, 0.25) is 0 Å². The lowest BCUT2D eigenvalue weighted by atomic mass is 10.2. The largest absolute Gasteiger partial charge is 0.478 e. The molecule has 2 heterocycles. The maximum absolute atomic E-state index is 12.8. The summed E-state index contributed by atoms with van der Waals surface area (Å²) in [6, 6.07) is 0.851. The summed E-state index contributed by atoms with van der Waals surface area (Å²) in [4.78, 5) is 14.5. The Kier molecular flexibility index (Phi) is 2.35. The van der Waals surface area contributed by atoms with Gasteiger partial charge in [-0.25, -0.2) is 14.2 Å². The van der Waals surface area contributed by atoms with E-state index in [0.717, 1.165) is 12.3 Å². The van der Waals surface area contributed by atoms with E-state index < -0.39 is 11.8 Å². The molecule has 0 aliphatic carbocycles. The van der Waals surface area contributed by atoms with Crippen LogP contribution in [0.15, 0.2) is 16.7 Å². The Morgan fingerprint density at radius 2 is 2.25 bits per heavy atom. The monoisotopic (exact) mass is 223 g/mol. The third kappa shape index (κ3) is 1.74. The molecule has 0 atom stereocenters. The molecule has 0 unspecified atom stereocenters. The minimum Gasteiger partial charge on any atom is -0.478 e. The number of hydrogen-bond donors (Lipinski definition) is 1. The van der Waals surface area contributed by atoms with Gasteiger partial charge in [-0.05, 0) is 6.07 Å². The Morgan fingerprint density at radius 3 is 2.81 bits per heavy atom. The zero-order valence-electron chi connectivity index (χ0n) is 8.14. The second kappa shape index (κ2) is 3.69. The van der Waals surface area contributed by atoms with Crippen molar-refractivity contribution < 1.29 is 18.7 Å². The predicted molar refractivity (Wildman–Crippen MR) is 49.2 cm³/mol. The van der Waals surface area contributed by atoms with Gasteiger partial charge in [-0.2, -0.15) is 0 Å². The summed E-state index contributed by atoms with van der Waals surface area (Å²) in [5.41, 5.74) is -0.363. The Morgan fingerprint density at radius 1 is 1.50 bits per heavy atom. The topological polar surface area (TPSA) is 89.1 Å². The van der Waals surface area contributed by atoms with Crippen molar-refractivity contribution in [3.8, 4) is 11.6 Å². The molecule has 0 spiro atoms. The Hall–Kier alpha value is -2.31. The highest BCUT2D eigenvalue weighted by atomic mass is 19.1. The molecule has 2 aromatic heterocycles. The molecule has 0 aromatic carbocycles. The summed E-state index contributed by atoms with van der Waals surface area (Å²) in [7, 11) is 0. The summed E-state index contributed by atoms with van der Waals surface area (Å²) < 4.78 is 17.9. The van der Waals surface area contributed by atoms with Crippen LogP contribution in [0.4, 0.5) is 4.39 Å². The second-order valence-corrected chi connectivity index (χ2v) is 2.98. The summed E-state index contributed by atoms with van der Waals surface area (Å²) in [6.07, 6.45) is 0.890. The van der Waals surface area contributed by atoms with Crippen molar-refractivity contribution in [3.05, 3.63) is 29.5 Å². The molecule has 7 heteroatoms. The zero-order valence-corrected chi connectivity index (χ0v) is 8.14. The van der Waals surface area contributed by atoms with Crippen LogP contribution in [-0.2, 0) is 0 Å². The highest BCUT2D eigenvalue weighted by Crippen LogP contribution is 2.20. The summed E-state index contributed by atoms with van der Waals surface area (Å²) in [6.45, 7) is 1.56. The van der Waals surface area contributed by atoms with E-state index >= 15 is 0 Å². The average Bonchev–Trinajstić information content (AvgIpc) is 2.64. The SMILES string of the molecule is Cc1nnc(-c2ncc(F)cc2C(=O)O)o1. The van der Waals surface area contributed by atoms with Crippen LogP contribution < -0.4 is 0 Å². The molecule has 2 aromatic rings. The molecule has 82 valence electrons. The number of carbonyl (C=O) groups is 1. The maximum atomic E-state index is 12.8. The number of halogens is 1. The van der Waals surface area contributed by atoms with Gasteiger partial charge in [0.15, 0.2) is 0 Å². The summed E-state index contributed by atoms with van der Waals surface area (Å²) >= 11 is 0. The zero-order chi connectivity index (χ0) is 11.7. The van der Waals surface area contributed by atoms with Crippen molar-refractivity contribution >= 4 is 5.97 Å². The van der Waals surface area contributed by atoms with Gasteiger partial charge in [0.1, 0.15) is 11.5 Å². The van der Waals surface area contributed by atoms with Gasteiger partial charge in [-0.1, -0.05) is 0 Å². The molecule has 0 radical (unpaired) electrons. The lowest BCUT2D eigenvalue weighted by Gasteiger charge is -1.99. The fourth-order valence-corrected chi connectivity index (χ4v) is 1.16. The van der Waals surface area contributed by atoms with Crippen molar-refractivity contribution in [2.45, 2.75) is 6.92 Å². The number of carboxylic acids is 1. The average molecular weight is 223 g/mol. The molecule has 0 aliphatic heterocycles. The number of aromatic nitrogens is 3. The van der Waals surface area contributed by atoms with Crippen molar-refractivity contribution in [2.24, 2.45) is 0 Å². The van der Waals surface area contributed by atoms with E-state index in [0.29, 0.717) is 0 Å². The van der Waals surface area contributed by atoms with Gasteiger partial charge >= 0.3 is 5.97 Å². The fourth-order valence-electron chi connectivity index (χ4n) is 1.16. The minimum atomic E-state index is -1.31. The van der Waals surface area contributed by atoms with Gasteiger partial charge in [0.25, 0.3) is 5.89 Å². The van der Waals surface area contributed by atoms with Crippen LogP contribution in [0.5, 0.6) is 0 Å². The second-order valence-electron chi connectivity index (χ2n) is 2.98. The Balaban J connectivity index is 2.60. The number of nitrogens with zero attached hydrogens (tertiary/aromatic N) is 3. The Bertz CT molecular complexity index is 553. The van der Waals surface area contributed by atoms with Crippen LogP contribution in [0.1, 0.15) is 16.2 Å². The van der Waals surface area contributed by atoms with Crippen LogP contribution >= 0.6 is 0 Å². The van der Waals surface area contributed by atoms with Crippen LogP contribution in [0, 0.1) is 12.7 Å². The molecule has 0 saturated carbocycles. The lowest BCUT2D eigenvalue weighted by molar-refractivity contribution is 0.0696. The van der Waals surface area contributed by atoms with Crippen molar-refractivity contribution in [1.29, 1.82) is 0 Å². The number of rotatable bonds is 2. The molecule has 0 amide bonds. The van der Waals surface area contributed by atoms with Gasteiger partial charge in [0.2, 0.25) is 5.89 Å². The Labute approximate surface area is 88.8 Å². The van der Waals surface area contributed by atoms with Crippen LogP contribution in [0.3, 0.4) is 0 Å². The van der Waals surface area contributed by atoms with E-state index in [1.54, 1.807) is 6.92 Å². The van der Waals surface area contributed by atoms with Crippen LogP contribution in [0.25, 0.3) is 11.6 Å². The van der Waals surface area contributed by atoms with Crippen molar-refractivity contribution in [1.82, 2.24) is 15.2 Å². The smallest absolute Gasteiger partial charge is 0.338 e. The number of aryl methyl sites for hydroxylation is 1. The number of carboxylic acid groups (broad SMARTS) is 1. The van der Waals surface area contributed by atoms with E-state index in [2.05, 4.69) is 15.2 Å². The first-order chi connectivity index (χ1) is 7.58. The minimum absolute atomic E-state index is 0.0464. The standard InChI is InChI=1S/C9H6FN3O3/c1-4-12-13-8(16-4)7-6(9(14)15)2-5(10)3-11-7/h2-3H,1H3,(H,14,15). The van der Waals surface area contributed by atoms with E-state index in [-0.39, 0.29) is 23.0 Å². The van der Waals surface area contributed by atoms with E-state index in [1.807, 2.05) is 0 Å². The fraction of sp³-hybridized carbons (Fsp3) is 0.111. The number of hydrogen-bond acceptors (Lipinski definition) is 5. The number of pyridine rings is 1. The third-order valence-corrected chi connectivity index (χ3v) is 1.81. The first kappa shape index (κ1) is 10.2. The van der Waals surface area contributed by atoms with Gasteiger partial charge in [0, 0.05) is 6.92 Å². The first-order valence-electron chi connectivity index (χ1n) is 4.27.